The maximum Gasteiger partial charge on any atom is 0.343 e. The lowest BCUT2D eigenvalue weighted by atomic mass is 10.2. The van der Waals surface area contributed by atoms with Crippen LogP contribution in [0.1, 0.15) is 32.0 Å². The Morgan fingerprint density at radius 1 is 1.64 bits per heavy atom. The Morgan fingerprint density at radius 2 is 2.29 bits per heavy atom. The number of nitrogens with zero attached hydrogens (tertiary/aromatic N) is 2. The number of aryl methyl sites for hydroxylation is 1. The van der Waals surface area contributed by atoms with Crippen LogP contribution in [0.25, 0.3) is 0 Å². The molecule has 0 radical (unpaired) electrons. The molecule has 0 aliphatic carbocycles. The number of hydrogen-bond acceptors (Lipinski definition) is 3. The molecule has 0 aliphatic rings. The van der Waals surface area contributed by atoms with Gasteiger partial charge in [0.1, 0.15) is 5.82 Å². The molecule has 1 rings (SSSR count). The van der Waals surface area contributed by atoms with E-state index in [1.807, 2.05) is 13.8 Å². The van der Waals surface area contributed by atoms with Crippen LogP contribution >= 0.6 is 0 Å². The highest BCUT2D eigenvalue weighted by Gasteiger charge is 2.08. The number of H-pyrrole nitrogens is 1. The lowest BCUT2D eigenvalue weighted by Gasteiger charge is -1.97. The van der Waals surface area contributed by atoms with Crippen LogP contribution < -0.4 is 5.69 Å². The average molecular weight is 199 g/mol. The van der Waals surface area contributed by atoms with Crippen molar-refractivity contribution in [2.45, 2.75) is 32.7 Å². The molecule has 0 bridgehead atoms. The molecule has 0 amide bonds. The molecule has 0 spiro atoms. The summed E-state index contributed by atoms with van der Waals surface area (Å²) in [5.74, 6) is -0.222. The molecule has 0 aliphatic heterocycles. The third-order valence-corrected chi connectivity index (χ3v) is 1.78. The molecule has 6 heteroatoms. The first kappa shape index (κ1) is 10.5. The van der Waals surface area contributed by atoms with Crippen LogP contribution in [-0.4, -0.2) is 25.8 Å². The maximum absolute atomic E-state index is 11.2. The van der Waals surface area contributed by atoms with Gasteiger partial charge < -0.3 is 5.11 Å². The monoisotopic (exact) mass is 199 g/mol. The van der Waals surface area contributed by atoms with Gasteiger partial charge in [-0.3, -0.25) is 9.78 Å². The second kappa shape index (κ2) is 4.08. The van der Waals surface area contributed by atoms with Crippen molar-refractivity contribution in [1.29, 1.82) is 0 Å². The Hall–Kier alpha value is -1.59. The summed E-state index contributed by atoms with van der Waals surface area (Å²) in [5, 5.41) is 12.4. The number of aliphatic carboxylic acids is 1. The van der Waals surface area contributed by atoms with Gasteiger partial charge in [-0.15, -0.1) is 0 Å². The van der Waals surface area contributed by atoms with Crippen molar-refractivity contribution in [3.8, 4) is 0 Å². The molecule has 78 valence electrons. The molecule has 0 atom stereocenters. The van der Waals surface area contributed by atoms with E-state index in [4.69, 9.17) is 5.11 Å². The van der Waals surface area contributed by atoms with E-state index in [-0.39, 0.29) is 24.6 Å². The molecule has 1 aromatic rings. The Balaban J connectivity index is 2.78. The van der Waals surface area contributed by atoms with E-state index in [0.717, 1.165) is 4.68 Å². The normalized spacial score (nSPS) is 10.8. The summed E-state index contributed by atoms with van der Waals surface area (Å²) in [6.07, 6.45) is -0.0949. The minimum Gasteiger partial charge on any atom is -0.481 e. The standard InChI is InChI=1S/C8H13N3O3/c1-5(2)7-9-8(14)11(10-7)4-3-6(12)13/h5H,3-4H2,1-2H3,(H,12,13)(H,9,10,14). The molecule has 0 fully saturated rings. The number of carboxylic acid groups (broad SMARTS) is 1. The molecule has 6 nitrogen and oxygen atoms in total. The number of aromatic nitrogens is 3. The van der Waals surface area contributed by atoms with Crippen molar-refractivity contribution in [2.75, 3.05) is 0 Å². The summed E-state index contributed by atoms with van der Waals surface area (Å²) in [4.78, 5) is 24.1. The van der Waals surface area contributed by atoms with E-state index >= 15 is 0 Å². The van der Waals surface area contributed by atoms with Crippen molar-refractivity contribution >= 4 is 5.97 Å². The van der Waals surface area contributed by atoms with Gasteiger partial charge in [0, 0.05) is 5.92 Å². The molecule has 2 N–H and O–H groups in total. The molecule has 0 aromatic carbocycles. The predicted octanol–water partition coefficient (Wildman–Crippen LogP) is 0.169. The molecule has 1 heterocycles. The number of rotatable bonds is 4. The highest BCUT2D eigenvalue weighted by molar-refractivity contribution is 5.66. The fourth-order valence-electron chi connectivity index (χ4n) is 0.987. The van der Waals surface area contributed by atoms with E-state index in [1.165, 1.54) is 0 Å². The van der Waals surface area contributed by atoms with Gasteiger partial charge in [0.05, 0.1) is 13.0 Å². The molecule has 0 unspecified atom stereocenters. The van der Waals surface area contributed by atoms with Crippen molar-refractivity contribution in [3.63, 3.8) is 0 Å². The summed E-state index contributed by atoms with van der Waals surface area (Å²) in [5.41, 5.74) is -0.352. The van der Waals surface area contributed by atoms with E-state index in [0.29, 0.717) is 5.82 Å². The van der Waals surface area contributed by atoms with Crippen LogP contribution in [0.2, 0.25) is 0 Å². The molecule has 1 aromatic heterocycles. The van der Waals surface area contributed by atoms with Crippen LogP contribution in [0.4, 0.5) is 0 Å². The van der Waals surface area contributed by atoms with Gasteiger partial charge in [-0.1, -0.05) is 13.8 Å². The van der Waals surface area contributed by atoms with Gasteiger partial charge in [0.15, 0.2) is 0 Å². The Bertz CT molecular complexity index is 377. The van der Waals surface area contributed by atoms with Gasteiger partial charge in [-0.2, -0.15) is 5.10 Å². The third kappa shape index (κ3) is 2.45. The first-order valence-electron chi connectivity index (χ1n) is 4.39. The molecule has 14 heavy (non-hydrogen) atoms. The van der Waals surface area contributed by atoms with Gasteiger partial charge >= 0.3 is 11.7 Å². The molecule has 0 saturated carbocycles. The summed E-state index contributed by atoms with van der Waals surface area (Å²) < 4.78 is 1.14. The van der Waals surface area contributed by atoms with Gasteiger partial charge in [-0.25, -0.2) is 9.48 Å². The smallest absolute Gasteiger partial charge is 0.343 e. The van der Waals surface area contributed by atoms with Crippen molar-refractivity contribution < 1.29 is 9.90 Å². The summed E-state index contributed by atoms with van der Waals surface area (Å²) in [7, 11) is 0. The van der Waals surface area contributed by atoms with Gasteiger partial charge in [0.25, 0.3) is 0 Å². The van der Waals surface area contributed by atoms with Crippen molar-refractivity contribution in [2.24, 2.45) is 0 Å². The Labute approximate surface area is 80.6 Å². The zero-order valence-electron chi connectivity index (χ0n) is 8.15. The topological polar surface area (TPSA) is 88.0 Å². The Morgan fingerprint density at radius 3 is 2.71 bits per heavy atom. The predicted molar refractivity (Wildman–Crippen MR) is 49.2 cm³/mol. The number of carboxylic acids is 1. The second-order valence-electron chi connectivity index (χ2n) is 3.34. The zero-order chi connectivity index (χ0) is 10.7. The number of aromatic amines is 1. The number of carbonyl (C=O) groups is 1. The van der Waals surface area contributed by atoms with Crippen LogP contribution in [-0.2, 0) is 11.3 Å². The van der Waals surface area contributed by atoms with Crippen LogP contribution in [0.3, 0.4) is 0 Å². The van der Waals surface area contributed by atoms with Crippen LogP contribution in [0.5, 0.6) is 0 Å². The summed E-state index contributed by atoms with van der Waals surface area (Å²) in [6, 6.07) is 0. The largest absolute Gasteiger partial charge is 0.481 e. The van der Waals surface area contributed by atoms with Crippen LogP contribution in [0.15, 0.2) is 4.79 Å². The van der Waals surface area contributed by atoms with E-state index in [1.54, 1.807) is 0 Å². The van der Waals surface area contributed by atoms with E-state index in [9.17, 15) is 9.59 Å². The van der Waals surface area contributed by atoms with Gasteiger partial charge in [-0.05, 0) is 0 Å². The molecular formula is C8H13N3O3. The maximum atomic E-state index is 11.2. The van der Waals surface area contributed by atoms with Gasteiger partial charge in [0.2, 0.25) is 0 Å². The SMILES string of the molecule is CC(C)c1nn(CCC(=O)O)c(=O)[nH]1. The first-order chi connectivity index (χ1) is 6.50. The first-order valence-corrected chi connectivity index (χ1v) is 4.39. The quantitative estimate of drug-likeness (QED) is 0.723. The zero-order valence-corrected chi connectivity index (χ0v) is 8.15. The fourth-order valence-corrected chi connectivity index (χ4v) is 0.987. The summed E-state index contributed by atoms with van der Waals surface area (Å²) >= 11 is 0. The molecule has 0 saturated heterocycles. The molecular weight excluding hydrogens is 186 g/mol. The lowest BCUT2D eigenvalue weighted by Crippen LogP contribution is -2.19. The Kier molecular flexibility index (Phi) is 3.06. The average Bonchev–Trinajstić information content (AvgIpc) is 2.43. The van der Waals surface area contributed by atoms with Crippen molar-refractivity contribution in [3.05, 3.63) is 16.3 Å². The number of hydrogen-bond donors (Lipinski definition) is 2. The lowest BCUT2D eigenvalue weighted by molar-refractivity contribution is -0.137. The van der Waals surface area contributed by atoms with Crippen molar-refractivity contribution in [1.82, 2.24) is 14.8 Å². The minimum atomic E-state index is -0.939. The van der Waals surface area contributed by atoms with Crippen LogP contribution in [0, 0.1) is 0 Å². The van der Waals surface area contributed by atoms with E-state index < -0.39 is 5.97 Å². The highest BCUT2D eigenvalue weighted by atomic mass is 16.4. The third-order valence-electron chi connectivity index (χ3n) is 1.78. The highest BCUT2D eigenvalue weighted by Crippen LogP contribution is 2.04. The van der Waals surface area contributed by atoms with E-state index in [2.05, 4.69) is 10.1 Å². The minimum absolute atomic E-state index is 0.0949. The second-order valence-corrected chi connectivity index (χ2v) is 3.34. The number of nitrogens with one attached hydrogen (secondary N) is 1. The fraction of sp³-hybridized carbons (Fsp3) is 0.625. The summed E-state index contributed by atoms with van der Waals surface area (Å²) in [6.45, 7) is 3.91.